The number of halogens is 2. The molecule has 0 spiro atoms. The number of aromatic nitrogens is 2. The molecule has 1 aromatic carbocycles. The molecule has 2 rings (SSSR count). The maximum Gasteiger partial charge on any atom is 0.261 e. The second-order valence-electron chi connectivity index (χ2n) is 3.92. The highest BCUT2D eigenvalue weighted by molar-refractivity contribution is 7.86. The maximum atomic E-state index is 12.4. The van der Waals surface area contributed by atoms with Crippen LogP contribution in [0.1, 0.15) is 20.8 Å². The van der Waals surface area contributed by atoms with Gasteiger partial charge in [0.2, 0.25) is 11.7 Å². The fourth-order valence-electron chi connectivity index (χ4n) is 1.56. The number of methoxy groups -OCH3 is 1. The Balaban J connectivity index is 0.00000139. The molecule has 0 amide bonds. The average molecular weight is 392 g/mol. The van der Waals surface area contributed by atoms with Crippen molar-refractivity contribution < 1.29 is 13.7 Å². The molecule has 1 N–H and O–H groups in total. The lowest BCUT2D eigenvalue weighted by atomic mass is 10.4. The normalized spacial score (nSPS) is 11.1. The lowest BCUT2D eigenvalue weighted by Gasteiger charge is -2.11. The van der Waals surface area contributed by atoms with E-state index in [4.69, 9.17) is 32.7 Å². The molecule has 1 atom stereocenters. The molecule has 1 heterocycles. The Kier molecular flexibility index (Phi) is 8.81. The number of rotatable bonds is 6. The van der Waals surface area contributed by atoms with Gasteiger partial charge in [0.05, 0.1) is 34.9 Å². The zero-order chi connectivity index (χ0) is 18.1. The third kappa shape index (κ3) is 5.22. The van der Waals surface area contributed by atoms with Gasteiger partial charge in [-0.2, -0.15) is 4.98 Å². The second-order valence-corrected chi connectivity index (χ2v) is 5.89. The minimum absolute atomic E-state index is 0.164. The summed E-state index contributed by atoms with van der Waals surface area (Å²) in [6, 6.07) is 4.87. The predicted molar refractivity (Wildman–Crippen MR) is 97.6 cm³/mol. The number of nitrogens with zero attached hydrogens (tertiary/aromatic N) is 2. The van der Waals surface area contributed by atoms with Crippen molar-refractivity contribution in [2.24, 2.45) is 0 Å². The number of anilines is 1. The van der Waals surface area contributed by atoms with Gasteiger partial charge in [0.15, 0.2) is 11.0 Å². The van der Waals surface area contributed by atoms with Crippen LogP contribution in [0.5, 0.6) is 11.8 Å². The van der Waals surface area contributed by atoms with Gasteiger partial charge in [-0.3, -0.25) is 4.72 Å². The van der Waals surface area contributed by atoms with Crippen LogP contribution in [0.25, 0.3) is 0 Å². The van der Waals surface area contributed by atoms with Crippen molar-refractivity contribution in [2.75, 3.05) is 18.4 Å². The maximum absolute atomic E-state index is 12.4. The third-order valence-electron chi connectivity index (χ3n) is 2.51. The Hall–Kier alpha value is -1.57. The molecular weight excluding hydrogens is 373 g/mol. The standard InChI is InChI=1S/C13H13Cl2N3O3S.C2H6/c1-3-21-10-7-16-12(13(17-10)20-2)18-22(19)9-6-4-5-8(14)11(9)15;1-2/h4-7H,3H2,1-2H3,(H,16,18);1-2H3. The van der Waals surface area contributed by atoms with Crippen LogP contribution in [0.15, 0.2) is 29.3 Å². The summed E-state index contributed by atoms with van der Waals surface area (Å²) in [5.74, 6) is 0.689. The number of nitrogens with one attached hydrogen (secondary N) is 1. The summed E-state index contributed by atoms with van der Waals surface area (Å²) in [6.45, 7) is 6.28. The third-order valence-corrected chi connectivity index (χ3v) is 4.56. The van der Waals surface area contributed by atoms with E-state index in [0.29, 0.717) is 22.4 Å². The molecule has 0 fully saturated rings. The highest BCUT2D eigenvalue weighted by atomic mass is 35.5. The molecule has 24 heavy (non-hydrogen) atoms. The van der Waals surface area contributed by atoms with Crippen LogP contribution in [-0.2, 0) is 11.0 Å². The Morgan fingerprint density at radius 3 is 2.62 bits per heavy atom. The Morgan fingerprint density at radius 2 is 2.00 bits per heavy atom. The van der Waals surface area contributed by atoms with E-state index in [1.54, 1.807) is 18.2 Å². The molecule has 132 valence electrons. The van der Waals surface area contributed by atoms with Gasteiger partial charge in [-0.05, 0) is 19.1 Å². The van der Waals surface area contributed by atoms with Crippen LogP contribution in [0.3, 0.4) is 0 Å². The Labute approximate surface area is 154 Å². The molecule has 0 saturated carbocycles. The van der Waals surface area contributed by atoms with Crippen LogP contribution < -0.4 is 14.2 Å². The van der Waals surface area contributed by atoms with Crippen molar-refractivity contribution in [1.29, 1.82) is 0 Å². The van der Waals surface area contributed by atoms with Gasteiger partial charge in [-0.25, -0.2) is 9.19 Å². The molecule has 1 unspecified atom stereocenters. The molecular formula is C15H19Cl2N3O3S. The van der Waals surface area contributed by atoms with Crippen LogP contribution in [0, 0.1) is 0 Å². The molecule has 0 radical (unpaired) electrons. The second kappa shape index (κ2) is 10.3. The zero-order valence-corrected chi connectivity index (χ0v) is 16.1. The first-order chi connectivity index (χ1) is 11.6. The SMILES string of the molecule is CC.CCOc1cnc(NS(=O)c2cccc(Cl)c2Cl)c(OC)n1. The van der Waals surface area contributed by atoms with Crippen LogP contribution in [-0.4, -0.2) is 27.9 Å². The fraction of sp³-hybridized carbons (Fsp3) is 0.333. The average Bonchev–Trinajstić information content (AvgIpc) is 2.60. The number of hydrogen-bond donors (Lipinski definition) is 1. The first-order valence-electron chi connectivity index (χ1n) is 7.23. The van der Waals surface area contributed by atoms with Crippen molar-refractivity contribution >= 4 is 40.0 Å². The predicted octanol–water partition coefficient (Wildman–Crippen LogP) is 4.35. The van der Waals surface area contributed by atoms with Crippen molar-refractivity contribution in [3.05, 3.63) is 34.4 Å². The first kappa shape index (κ1) is 20.5. The topological polar surface area (TPSA) is 73.3 Å². The quantitative estimate of drug-likeness (QED) is 0.791. The van der Waals surface area contributed by atoms with Gasteiger partial charge >= 0.3 is 0 Å². The van der Waals surface area contributed by atoms with Gasteiger partial charge in [0, 0.05) is 0 Å². The van der Waals surface area contributed by atoms with Gasteiger partial charge in [-0.15, -0.1) is 0 Å². The van der Waals surface area contributed by atoms with Crippen molar-refractivity contribution in [2.45, 2.75) is 25.7 Å². The molecule has 0 aliphatic carbocycles. The molecule has 6 nitrogen and oxygen atoms in total. The highest BCUT2D eigenvalue weighted by Crippen LogP contribution is 2.29. The van der Waals surface area contributed by atoms with Crippen molar-refractivity contribution in [1.82, 2.24) is 9.97 Å². The lowest BCUT2D eigenvalue weighted by molar-refractivity contribution is 0.314. The van der Waals surface area contributed by atoms with Crippen molar-refractivity contribution in [3.63, 3.8) is 0 Å². The number of benzene rings is 1. The zero-order valence-electron chi connectivity index (χ0n) is 13.8. The fourth-order valence-corrected chi connectivity index (χ4v) is 3.02. The van der Waals surface area contributed by atoms with Gasteiger partial charge < -0.3 is 9.47 Å². The molecule has 1 aromatic heterocycles. The summed E-state index contributed by atoms with van der Waals surface area (Å²) in [4.78, 5) is 8.54. The smallest absolute Gasteiger partial charge is 0.261 e. The summed E-state index contributed by atoms with van der Waals surface area (Å²) in [7, 11) is -0.237. The summed E-state index contributed by atoms with van der Waals surface area (Å²) in [6.07, 6.45) is 1.41. The molecule has 2 aromatic rings. The molecule has 0 aliphatic heterocycles. The number of hydrogen-bond acceptors (Lipinski definition) is 5. The Bertz CT molecular complexity index is 702. The summed E-state index contributed by atoms with van der Waals surface area (Å²) in [5.41, 5.74) is 0. The molecule has 0 aliphatic rings. The molecule has 9 heteroatoms. The van der Waals surface area contributed by atoms with Crippen molar-refractivity contribution in [3.8, 4) is 11.8 Å². The van der Waals surface area contributed by atoms with Crippen LogP contribution in [0.4, 0.5) is 5.82 Å². The monoisotopic (exact) mass is 391 g/mol. The first-order valence-corrected chi connectivity index (χ1v) is 9.13. The highest BCUT2D eigenvalue weighted by Gasteiger charge is 2.16. The largest absolute Gasteiger partial charge is 0.478 e. The Morgan fingerprint density at radius 1 is 1.29 bits per heavy atom. The van der Waals surface area contributed by atoms with E-state index in [9.17, 15) is 4.21 Å². The van der Waals surface area contributed by atoms with Crippen LogP contribution in [0.2, 0.25) is 10.0 Å². The van der Waals surface area contributed by atoms with Crippen LogP contribution >= 0.6 is 23.2 Å². The van der Waals surface area contributed by atoms with E-state index >= 15 is 0 Å². The van der Waals surface area contributed by atoms with E-state index in [1.807, 2.05) is 20.8 Å². The van der Waals surface area contributed by atoms with E-state index in [0.717, 1.165) is 0 Å². The van der Waals surface area contributed by atoms with E-state index in [-0.39, 0.29) is 16.7 Å². The van der Waals surface area contributed by atoms with Gasteiger partial charge in [0.1, 0.15) is 0 Å². The summed E-state index contributed by atoms with van der Waals surface area (Å²) < 4.78 is 25.4. The summed E-state index contributed by atoms with van der Waals surface area (Å²) in [5, 5.41) is 0.534. The van der Waals surface area contributed by atoms with E-state index in [2.05, 4.69) is 14.7 Å². The minimum Gasteiger partial charge on any atom is -0.478 e. The number of ether oxygens (including phenoxy) is 2. The summed E-state index contributed by atoms with van der Waals surface area (Å²) >= 11 is 12.0. The van der Waals surface area contributed by atoms with Gasteiger partial charge in [-0.1, -0.05) is 43.1 Å². The molecule has 0 bridgehead atoms. The minimum atomic E-state index is -1.67. The van der Waals surface area contributed by atoms with Gasteiger partial charge in [0.25, 0.3) is 5.88 Å². The van der Waals surface area contributed by atoms with E-state index in [1.165, 1.54) is 13.3 Å². The van der Waals surface area contributed by atoms with E-state index < -0.39 is 11.0 Å². The lowest BCUT2D eigenvalue weighted by Crippen LogP contribution is -2.09. The molecule has 0 saturated heterocycles.